The summed E-state index contributed by atoms with van der Waals surface area (Å²) in [5.41, 5.74) is 0.853. The van der Waals surface area contributed by atoms with Crippen molar-refractivity contribution < 1.29 is 4.79 Å². The van der Waals surface area contributed by atoms with E-state index in [1.807, 2.05) is 37.3 Å². The van der Waals surface area contributed by atoms with Gasteiger partial charge in [0.15, 0.2) is 0 Å². The van der Waals surface area contributed by atoms with Gasteiger partial charge < -0.3 is 5.32 Å². The maximum atomic E-state index is 11.2. The van der Waals surface area contributed by atoms with Gasteiger partial charge in [0.1, 0.15) is 0 Å². The average Bonchev–Trinajstić information content (AvgIpc) is 2.06. The number of anilines is 1. The van der Waals surface area contributed by atoms with Gasteiger partial charge in [-0.3, -0.25) is 4.79 Å². The summed E-state index contributed by atoms with van der Waals surface area (Å²) in [5.74, 6) is 0.0433. The lowest BCUT2D eigenvalue weighted by Gasteiger charge is -2.05. The molecule has 1 atom stereocenters. The first kappa shape index (κ1) is 9.51. The number of halogens is 1. The van der Waals surface area contributed by atoms with E-state index in [1.54, 1.807) is 0 Å². The highest BCUT2D eigenvalue weighted by Gasteiger charge is 2.07. The molecule has 0 saturated carbocycles. The summed E-state index contributed by atoms with van der Waals surface area (Å²) in [6.07, 6.45) is 0. The van der Waals surface area contributed by atoms with Crippen molar-refractivity contribution in [1.29, 1.82) is 0 Å². The molecule has 2 nitrogen and oxygen atoms in total. The molecule has 3 heteroatoms. The molecule has 0 spiro atoms. The maximum absolute atomic E-state index is 11.2. The Morgan fingerprint density at radius 2 is 2.00 bits per heavy atom. The fourth-order valence-electron chi connectivity index (χ4n) is 0.763. The summed E-state index contributed by atoms with van der Waals surface area (Å²) in [4.78, 5) is 11.2. The van der Waals surface area contributed by atoms with Crippen molar-refractivity contribution in [3.05, 3.63) is 30.3 Å². The molecule has 0 aliphatic heterocycles. The Morgan fingerprint density at radius 1 is 1.42 bits per heavy atom. The third-order valence-electron chi connectivity index (χ3n) is 1.40. The topological polar surface area (TPSA) is 29.1 Å². The smallest absolute Gasteiger partial charge is 0.237 e. The number of carbonyl (C=O) groups excluding carboxylic acids is 1. The molecule has 0 radical (unpaired) electrons. The van der Waals surface area contributed by atoms with E-state index in [2.05, 4.69) is 27.9 Å². The van der Waals surface area contributed by atoms with E-state index in [0.29, 0.717) is 0 Å². The van der Waals surface area contributed by atoms with Gasteiger partial charge in [-0.1, -0.05) is 40.8 Å². The van der Waals surface area contributed by atoms with E-state index in [4.69, 9.17) is 0 Å². The SMILES string of the molecule is CC(I)C(=O)Nc1ccccc1. The molecule has 1 amide bonds. The first-order chi connectivity index (χ1) is 5.70. The number of alkyl halides is 1. The average molecular weight is 275 g/mol. The van der Waals surface area contributed by atoms with Crippen molar-refractivity contribution in [2.75, 3.05) is 5.32 Å². The van der Waals surface area contributed by atoms with Crippen molar-refractivity contribution in [2.24, 2.45) is 0 Å². The Bertz CT molecular complexity index is 258. The second kappa shape index (κ2) is 4.45. The molecule has 12 heavy (non-hydrogen) atoms. The highest BCUT2D eigenvalue weighted by atomic mass is 127. The Labute approximate surface area is 85.5 Å². The molecule has 0 aliphatic rings. The fourth-order valence-corrected chi connectivity index (χ4v) is 0.919. The van der Waals surface area contributed by atoms with Gasteiger partial charge in [-0.15, -0.1) is 0 Å². The summed E-state index contributed by atoms with van der Waals surface area (Å²) in [5, 5.41) is 2.79. The normalized spacial score (nSPS) is 12.2. The van der Waals surface area contributed by atoms with Crippen LogP contribution in [0.1, 0.15) is 6.92 Å². The maximum Gasteiger partial charge on any atom is 0.237 e. The lowest BCUT2D eigenvalue weighted by atomic mass is 10.3. The standard InChI is InChI=1S/C9H10INO/c1-7(10)9(12)11-8-5-3-2-4-6-8/h2-7H,1H3,(H,11,12). The molecule has 0 fully saturated rings. The lowest BCUT2D eigenvalue weighted by molar-refractivity contribution is -0.115. The zero-order valence-corrected chi connectivity index (χ0v) is 8.91. The van der Waals surface area contributed by atoms with Crippen LogP contribution >= 0.6 is 22.6 Å². The number of hydrogen-bond donors (Lipinski definition) is 1. The first-order valence-electron chi connectivity index (χ1n) is 3.70. The number of hydrogen-bond acceptors (Lipinski definition) is 1. The number of carbonyl (C=O) groups is 1. The molecule has 0 heterocycles. The molecule has 0 saturated heterocycles. The van der Waals surface area contributed by atoms with E-state index in [0.717, 1.165) is 5.69 Å². The minimum absolute atomic E-state index is 0.00260. The zero-order chi connectivity index (χ0) is 8.97. The van der Waals surface area contributed by atoms with E-state index in [1.165, 1.54) is 0 Å². The zero-order valence-electron chi connectivity index (χ0n) is 6.75. The van der Waals surface area contributed by atoms with Gasteiger partial charge in [0.25, 0.3) is 0 Å². The molecule has 1 N–H and O–H groups in total. The van der Waals surface area contributed by atoms with Crippen molar-refractivity contribution in [3.63, 3.8) is 0 Å². The van der Waals surface area contributed by atoms with Gasteiger partial charge in [0.05, 0.1) is 3.92 Å². The molecule has 64 valence electrons. The molecular formula is C9H10INO. The van der Waals surface area contributed by atoms with Crippen LogP contribution in [0.15, 0.2) is 30.3 Å². The Kier molecular flexibility index (Phi) is 3.52. The fraction of sp³-hybridized carbons (Fsp3) is 0.222. The molecular weight excluding hydrogens is 265 g/mol. The largest absolute Gasteiger partial charge is 0.325 e. The third kappa shape index (κ3) is 2.81. The molecule has 0 bridgehead atoms. The van der Waals surface area contributed by atoms with Crippen LogP contribution in [0, 0.1) is 0 Å². The highest BCUT2D eigenvalue weighted by Crippen LogP contribution is 2.07. The predicted molar refractivity (Wildman–Crippen MR) is 58.6 cm³/mol. The number of para-hydroxylation sites is 1. The molecule has 0 aromatic heterocycles. The highest BCUT2D eigenvalue weighted by molar-refractivity contribution is 14.1. The van der Waals surface area contributed by atoms with Gasteiger partial charge >= 0.3 is 0 Å². The van der Waals surface area contributed by atoms with Gasteiger partial charge in [-0.2, -0.15) is 0 Å². The van der Waals surface area contributed by atoms with Crippen LogP contribution in [0.4, 0.5) is 5.69 Å². The van der Waals surface area contributed by atoms with Crippen LogP contribution in [-0.2, 0) is 4.79 Å². The summed E-state index contributed by atoms with van der Waals surface area (Å²) in [7, 11) is 0. The lowest BCUT2D eigenvalue weighted by Crippen LogP contribution is -2.19. The van der Waals surface area contributed by atoms with E-state index in [-0.39, 0.29) is 9.83 Å². The summed E-state index contributed by atoms with van der Waals surface area (Å²) in [6, 6.07) is 9.46. The van der Waals surface area contributed by atoms with E-state index < -0.39 is 0 Å². The number of benzene rings is 1. The summed E-state index contributed by atoms with van der Waals surface area (Å²) < 4.78 is 0.00260. The summed E-state index contributed by atoms with van der Waals surface area (Å²) in [6.45, 7) is 1.86. The predicted octanol–water partition coefficient (Wildman–Crippen LogP) is 2.45. The molecule has 0 aliphatic carbocycles. The minimum atomic E-state index is 0.00260. The first-order valence-corrected chi connectivity index (χ1v) is 4.94. The van der Waals surface area contributed by atoms with Crippen molar-refractivity contribution in [2.45, 2.75) is 10.8 Å². The van der Waals surface area contributed by atoms with Gasteiger partial charge in [-0.25, -0.2) is 0 Å². The second-order valence-electron chi connectivity index (χ2n) is 2.47. The van der Waals surface area contributed by atoms with Crippen molar-refractivity contribution in [1.82, 2.24) is 0 Å². The number of nitrogens with one attached hydrogen (secondary N) is 1. The molecule has 1 aromatic rings. The van der Waals surface area contributed by atoms with E-state index >= 15 is 0 Å². The van der Waals surface area contributed by atoms with Crippen LogP contribution in [0.3, 0.4) is 0 Å². The number of rotatable bonds is 2. The number of amides is 1. The Morgan fingerprint density at radius 3 is 2.50 bits per heavy atom. The van der Waals surface area contributed by atoms with Crippen LogP contribution in [-0.4, -0.2) is 9.83 Å². The molecule has 1 rings (SSSR count). The quantitative estimate of drug-likeness (QED) is 0.652. The Hall–Kier alpha value is -0.580. The van der Waals surface area contributed by atoms with Crippen LogP contribution in [0.5, 0.6) is 0 Å². The summed E-state index contributed by atoms with van der Waals surface area (Å²) >= 11 is 2.08. The molecule has 1 unspecified atom stereocenters. The third-order valence-corrected chi connectivity index (χ3v) is 1.97. The van der Waals surface area contributed by atoms with Crippen LogP contribution in [0.25, 0.3) is 0 Å². The minimum Gasteiger partial charge on any atom is -0.325 e. The van der Waals surface area contributed by atoms with Crippen LogP contribution in [0.2, 0.25) is 0 Å². The second-order valence-corrected chi connectivity index (χ2v) is 4.34. The van der Waals surface area contributed by atoms with Crippen molar-refractivity contribution in [3.8, 4) is 0 Å². The van der Waals surface area contributed by atoms with Gasteiger partial charge in [0.2, 0.25) is 5.91 Å². The molecule has 1 aromatic carbocycles. The van der Waals surface area contributed by atoms with Gasteiger partial charge in [-0.05, 0) is 19.1 Å². The Balaban J connectivity index is 2.59. The van der Waals surface area contributed by atoms with E-state index in [9.17, 15) is 4.79 Å². The monoisotopic (exact) mass is 275 g/mol. The van der Waals surface area contributed by atoms with Gasteiger partial charge in [0, 0.05) is 5.69 Å². The van der Waals surface area contributed by atoms with Crippen molar-refractivity contribution >= 4 is 34.2 Å². The van der Waals surface area contributed by atoms with Crippen LogP contribution < -0.4 is 5.32 Å².